The third-order valence-corrected chi connectivity index (χ3v) is 6.01. The number of thiophene rings is 1. The van der Waals surface area contributed by atoms with Gasteiger partial charge >= 0.3 is 5.97 Å². The second-order valence-electron chi connectivity index (χ2n) is 5.41. The molecule has 0 saturated carbocycles. The minimum absolute atomic E-state index is 0.213. The zero-order valence-corrected chi connectivity index (χ0v) is 14.7. The Kier molecular flexibility index (Phi) is 4.08. The molecule has 0 bridgehead atoms. The topological polar surface area (TPSA) is 48.4 Å². The van der Waals surface area contributed by atoms with Gasteiger partial charge in [0.1, 0.15) is 23.8 Å². The predicted octanol–water partition coefficient (Wildman–Crippen LogP) is 4.68. The molecule has 4 rings (SSSR count). The second-order valence-corrected chi connectivity index (χ2v) is 7.41. The molecular weight excluding hydrogens is 342 g/mol. The number of hydrogen-bond acceptors (Lipinski definition) is 6. The maximum Gasteiger partial charge on any atom is 0.348 e. The Morgan fingerprint density at radius 1 is 1.38 bits per heavy atom. The number of hydrogen-bond donors (Lipinski definition) is 0. The molecule has 0 radical (unpaired) electrons. The maximum atomic E-state index is 12.3. The van der Waals surface area contributed by atoms with E-state index in [1.54, 1.807) is 11.3 Å². The van der Waals surface area contributed by atoms with Crippen molar-refractivity contribution in [3.63, 3.8) is 0 Å². The van der Waals surface area contributed by atoms with E-state index in [2.05, 4.69) is 11.9 Å². The van der Waals surface area contributed by atoms with Crippen LogP contribution >= 0.6 is 22.7 Å². The van der Waals surface area contributed by atoms with Crippen LogP contribution in [0.2, 0.25) is 0 Å². The fraction of sp³-hybridized carbons (Fsp3) is 0.222. The van der Waals surface area contributed by atoms with E-state index in [1.165, 1.54) is 11.3 Å². The molecule has 122 valence electrons. The molecule has 1 aromatic carbocycles. The Morgan fingerprint density at radius 3 is 3.08 bits per heavy atom. The summed E-state index contributed by atoms with van der Waals surface area (Å²) < 4.78 is 11.1. The molecular formula is C18H15NO3S2. The van der Waals surface area contributed by atoms with Crippen molar-refractivity contribution in [3.05, 3.63) is 56.9 Å². The van der Waals surface area contributed by atoms with Gasteiger partial charge in [0.25, 0.3) is 0 Å². The molecule has 0 unspecified atom stereocenters. The first-order valence-corrected chi connectivity index (χ1v) is 9.39. The number of thiazole rings is 1. The fourth-order valence-corrected chi connectivity index (χ4v) is 4.41. The highest BCUT2D eigenvalue weighted by atomic mass is 32.1. The van der Waals surface area contributed by atoms with E-state index in [4.69, 9.17) is 9.47 Å². The number of rotatable bonds is 4. The van der Waals surface area contributed by atoms with Crippen LogP contribution in [-0.4, -0.2) is 11.0 Å². The molecule has 3 aromatic rings. The van der Waals surface area contributed by atoms with Gasteiger partial charge in [0.2, 0.25) is 0 Å². The van der Waals surface area contributed by atoms with Crippen LogP contribution in [0.4, 0.5) is 0 Å². The lowest BCUT2D eigenvalue weighted by atomic mass is 10.1. The molecule has 0 atom stereocenters. The van der Waals surface area contributed by atoms with Gasteiger partial charge in [-0.15, -0.1) is 22.7 Å². The number of para-hydroxylation sites is 1. The number of aromatic nitrogens is 1. The van der Waals surface area contributed by atoms with E-state index < -0.39 is 0 Å². The molecule has 0 spiro atoms. The lowest BCUT2D eigenvalue weighted by molar-refractivity contribution is 0.0474. The summed E-state index contributed by atoms with van der Waals surface area (Å²) >= 11 is 3.05. The van der Waals surface area contributed by atoms with Crippen LogP contribution in [-0.2, 0) is 24.4 Å². The van der Waals surface area contributed by atoms with Gasteiger partial charge in [-0.05, 0) is 24.6 Å². The molecule has 0 N–H and O–H groups in total. The van der Waals surface area contributed by atoms with Crippen molar-refractivity contribution in [2.24, 2.45) is 0 Å². The summed E-state index contributed by atoms with van der Waals surface area (Å²) in [6.07, 6.45) is 0.898. The molecule has 0 aliphatic carbocycles. The van der Waals surface area contributed by atoms with E-state index >= 15 is 0 Å². The Balaban J connectivity index is 1.51. The quantitative estimate of drug-likeness (QED) is 0.636. The third kappa shape index (κ3) is 2.83. The Labute approximate surface area is 147 Å². The van der Waals surface area contributed by atoms with Crippen LogP contribution < -0.4 is 4.74 Å². The predicted molar refractivity (Wildman–Crippen MR) is 94.7 cm³/mol. The summed E-state index contributed by atoms with van der Waals surface area (Å²) in [6.45, 7) is 2.76. The first-order valence-electron chi connectivity index (χ1n) is 7.70. The van der Waals surface area contributed by atoms with E-state index in [-0.39, 0.29) is 12.6 Å². The number of benzene rings is 1. The monoisotopic (exact) mass is 357 g/mol. The highest BCUT2D eigenvalue weighted by Crippen LogP contribution is 2.42. The standard InChI is InChI=1S/C18H15NO3S2/c1-2-16-19-12(10-23-16)9-22-18(20)15-7-11-8-21-14-6-4-3-5-13(14)17(11)24-15/h3-7,10H,2,8-9H2,1H3. The van der Waals surface area contributed by atoms with Crippen molar-refractivity contribution >= 4 is 28.6 Å². The third-order valence-electron chi connectivity index (χ3n) is 3.78. The van der Waals surface area contributed by atoms with Gasteiger partial charge in [-0.3, -0.25) is 0 Å². The molecule has 0 fully saturated rings. The highest BCUT2D eigenvalue weighted by molar-refractivity contribution is 7.17. The molecule has 1 aliphatic rings. The summed E-state index contributed by atoms with van der Waals surface area (Å²) in [4.78, 5) is 18.5. The number of aryl methyl sites for hydroxylation is 1. The molecule has 1 aliphatic heterocycles. The van der Waals surface area contributed by atoms with Crippen molar-refractivity contribution in [1.29, 1.82) is 0 Å². The summed E-state index contributed by atoms with van der Waals surface area (Å²) in [5, 5.41) is 3.00. The second kappa shape index (κ2) is 6.37. The van der Waals surface area contributed by atoms with Crippen molar-refractivity contribution in [2.75, 3.05) is 0 Å². The van der Waals surface area contributed by atoms with E-state index in [1.807, 2.05) is 35.7 Å². The molecule has 0 amide bonds. The summed E-state index contributed by atoms with van der Waals surface area (Å²) in [5.41, 5.74) is 2.88. The van der Waals surface area contributed by atoms with Crippen LogP contribution in [0.15, 0.2) is 35.7 Å². The largest absolute Gasteiger partial charge is 0.488 e. The van der Waals surface area contributed by atoms with Crippen LogP contribution in [0, 0.1) is 0 Å². The van der Waals surface area contributed by atoms with Gasteiger partial charge in [-0.1, -0.05) is 19.1 Å². The first kappa shape index (κ1) is 15.4. The normalized spacial score (nSPS) is 12.2. The SMILES string of the molecule is CCc1nc(COC(=O)c2cc3c(s2)-c2ccccc2OC3)cs1. The van der Waals surface area contributed by atoms with Gasteiger partial charge in [0.05, 0.1) is 10.7 Å². The molecule has 0 saturated heterocycles. The van der Waals surface area contributed by atoms with Crippen molar-refractivity contribution < 1.29 is 14.3 Å². The number of carbonyl (C=O) groups is 1. The molecule has 3 heterocycles. The van der Waals surface area contributed by atoms with E-state index in [0.717, 1.165) is 38.9 Å². The van der Waals surface area contributed by atoms with Crippen molar-refractivity contribution in [1.82, 2.24) is 4.98 Å². The summed E-state index contributed by atoms with van der Waals surface area (Å²) in [6, 6.07) is 9.76. The lowest BCUT2D eigenvalue weighted by Crippen LogP contribution is -2.04. The van der Waals surface area contributed by atoms with Crippen LogP contribution in [0.3, 0.4) is 0 Å². The van der Waals surface area contributed by atoms with Gasteiger partial charge in [-0.25, -0.2) is 9.78 Å². The van der Waals surface area contributed by atoms with E-state index in [9.17, 15) is 4.79 Å². The van der Waals surface area contributed by atoms with Gasteiger partial charge in [0, 0.05) is 21.4 Å². The number of ether oxygens (including phenoxy) is 2. The molecule has 24 heavy (non-hydrogen) atoms. The van der Waals surface area contributed by atoms with Crippen molar-refractivity contribution in [2.45, 2.75) is 26.6 Å². The van der Waals surface area contributed by atoms with Crippen LogP contribution in [0.1, 0.15) is 32.9 Å². The number of fused-ring (bicyclic) bond motifs is 3. The van der Waals surface area contributed by atoms with Crippen molar-refractivity contribution in [3.8, 4) is 16.2 Å². The summed E-state index contributed by atoms with van der Waals surface area (Å²) in [7, 11) is 0. The average molecular weight is 357 g/mol. The first-order chi connectivity index (χ1) is 11.7. The lowest BCUT2D eigenvalue weighted by Gasteiger charge is -2.16. The number of carbonyl (C=O) groups excluding carboxylic acids is 1. The number of nitrogens with zero attached hydrogens (tertiary/aromatic N) is 1. The zero-order valence-electron chi connectivity index (χ0n) is 13.1. The fourth-order valence-electron chi connectivity index (χ4n) is 2.59. The minimum Gasteiger partial charge on any atom is -0.488 e. The molecule has 6 heteroatoms. The summed E-state index contributed by atoms with van der Waals surface area (Å²) in [5.74, 6) is 0.555. The van der Waals surface area contributed by atoms with Gasteiger partial charge < -0.3 is 9.47 Å². The smallest absolute Gasteiger partial charge is 0.348 e. The average Bonchev–Trinajstić information content (AvgIpc) is 3.26. The Bertz CT molecular complexity index is 897. The maximum absolute atomic E-state index is 12.3. The molecule has 2 aromatic heterocycles. The van der Waals surface area contributed by atoms with E-state index in [0.29, 0.717) is 11.5 Å². The van der Waals surface area contributed by atoms with Gasteiger partial charge in [-0.2, -0.15) is 0 Å². The van der Waals surface area contributed by atoms with Gasteiger partial charge in [0.15, 0.2) is 0 Å². The van der Waals surface area contributed by atoms with Crippen LogP contribution in [0.25, 0.3) is 10.4 Å². The Hall–Kier alpha value is -2.18. The minimum atomic E-state index is -0.307. The highest BCUT2D eigenvalue weighted by Gasteiger charge is 2.23. The Morgan fingerprint density at radius 2 is 2.25 bits per heavy atom. The number of esters is 1. The molecule has 4 nitrogen and oxygen atoms in total. The van der Waals surface area contributed by atoms with Crippen LogP contribution in [0.5, 0.6) is 5.75 Å². The zero-order chi connectivity index (χ0) is 16.5.